The van der Waals surface area contributed by atoms with E-state index < -0.39 is 6.04 Å². The highest BCUT2D eigenvalue weighted by atomic mass is 16.5. The Kier molecular flexibility index (Phi) is 5.03. The smallest absolute Gasteiger partial charge is 0.243 e. The summed E-state index contributed by atoms with van der Waals surface area (Å²) in [6.45, 7) is 4.48. The van der Waals surface area contributed by atoms with E-state index in [1.807, 2.05) is 55.5 Å². The molecule has 1 aliphatic rings. The second-order valence-corrected chi connectivity index (χ2v) is 6.03. The molecule has 0 aliphatic carbocycles. The van der Waals surface area contributed by atoms with Crippen molar-refractivity contribution < 1.29 is 14.3 Å². The minimum Gasteiger partial charge on any atom is -0.494 e. The SMILES string of the molecule is CCOc1ccc(CNC(=O)[C@H]2Cc3ccccc3N2C(C)=O)cc1. The van der Waals surface area contributed by atoms with E-state index in [-0.39, 0.29) is 11.8 Å². The van der Waals surface area contributed by atoms with Crippen molar-refractivity contribution in [3.63, 3.8) is 0 Å². The van der Waals surface area contributed by atoms with E-state index >= 15 is 0 Å². The Balaban J connectivity index is 1.66. The number of nitrogens with one attached hydrogen (secondary N) is 1. The molecular weight excluding hydrogens is 316 g/mol. The Morgan fingerprint density at radius 1 is 1.16 bits per heavy atom. The molecule has 0 saturated carbocycles. The Labute approximate surface area is 147 Å². The van der Waals surface area contributed by atoms with Gasteiger partial charge in [-0.1, -0.05) is 30.3 Å². The van der Waals surface area contributed by atoms with Crippen molar-refractivity contribution in [1.82, 2.24) is 5.32 Å². The highest BCUT2D eigenvalue weighted by molar-refractivity contribution is 6.02. The second-order valence-electron chi connectivity index (χ2n) is 6.03. The molecule has 1 N–H and O–H groups in total. The Morgan fingerprint density at radius 2 is 1.88 bits per heavy atom. The number of anilines is 1. The van der Waals surface area contributed by atoms with Gasteiger partial charge in [-0.05, 0) is 36.2 Å². The van der Waals surface area contributed by atoms with Gasteiger partial charge in [0.15, 0.2) is 0 Å². The molecule has 25 heavy (non-hydrogen) atoms. The maximum atomic E-state index is 12.6. The van der Waals surface area contributed by atoms with Gasteiger partial charge in [-0.2, -0.15) is 0 Å². The first-order chi connectivity index (χ1) is 12.1. The Morgan fingerprint density at radius 3 is 2.56 bits per heavy atom. The third-order valence-corrected chi connectivity index (χ3v) is 4.32. The quantitative estimate of drug-likeness (QED) is 0.912. The zero-order valence-electron chi connectivity index (χ0n) is 14.5. The van der Waals surface area contributed by atoms with Crippen LogP contribution in [0.2, 0.25) is 0 Å². The van der Waals surface area contributed by atoms with Crippen LogP contribution >= 0.6 is 0 Å². The van der Waals surface area contributed by atoms with Gasteiger partial charge < -0.3 is 10.1 Å². The molecule has 3 rings (SSSR count). The van der Waals surface area contributed by atoms with Gasteiger partial charge in [-0.25, -0.2) is 0 Å². The van der Waals surface area contributed by atoms with Crippen LogP contribution in [0.3, 0.4) is 0 Å². The molecule has 0 fully saturated rings. The van der Waals surface area contributed by atoms with Crippen LogP contribution in [0.25, 0.3) is 0 Å². The first kappa shape index (κ1) is 17.0. The molecule has 0 unspecified atom stereocenters. The van der Waals surface area contributed by atoms with Crippen molar-refractivity contribution in [3.8, 4) is 5.75 Å². The topological polar surface area (TPSA) is 58.6 Å². The van der Waals surface area contributed by atoms with Gasteiger partial charge in [-0.3, -0.25) is 14.5 Å². The van der Waals surface area contributed by atoms with Crippen LogP contribution in [0, 0.1) is 0 Å². The van der Waals surface area contributed by atoms with E-state index in [9.17, 15) is 9.59 Å². The predicted molar refractivity (Wildman–Crippen MR) is 96.6 cm³/mol. The van der Waals surface area contributed by atoms with Gasteiger partial charge >= 0.3 is 0 Å². The van der Waals surface area contributed by atoms with Crippen molar-refractivity contribution in [2.75, 3.05) is 11.5 Å². The van der Waals surface area contributed by atoms with Crippen LogP contribution in [0.1, 0.15) is 25.0 Å². The number of hydrogen-bond donors (Lipinski definition) is 1. The molecule has 2 aromatic rings. The molecule has 0 bridgehead atoms. The second kappa shape index (κ2) is 7.38. The fraction of sp³-hybridized carbons (Fsp3) is 0.300. The summed E-state index contributed by atoms with van der Waals surface area (Å²) < 4.78 is 5.41. The maximum absolute atomic E-state index is 12.6. The lowest BCUT2D eigenvalue weighted by Gasteiger charge is -2.23. The van der Waals surface area contributed by atoms with Gasteiger partial charge in [-0.15, -0.1) is 0 Å². The Hall–Kier alpha value is -2.82. The van der Waals surface area contributed by atoms with Gasteiger partial charge in [0.05, 0.1) is 6.61 Å². The Bertz CT molecular complexity index is 771. The van der Waals surface area contributed by atoms with Gasteiger partial charge in [0.2, 0.25) is 11.8 Å². The highest BCUT2D eigenvalue weighted by Gasteiger charge is 2.36. The molecule has 2 amide bonds. The molecule has 5 nitrogen and oxygen atoms in total. The maximum Gasteiger partial charge on any atom is 0.243 e. The van der Waals surface area contributed by atoms with E-state index in [1.54, 1.807) is 4.90 Å². The van der Waals surface area contributed by atoms with E-state index in [4.69, 9.17) is 4.74 Å². The minimum absolute atomic E-state index is 0.119. The standard InChI is InChI=1S/C20H22N2O3/c1-3-25-17-10-8-15(9-11-17)13-21-20(24)19-12-16-6-4-5-7-18(16)22(19)14(2)23/h4-11,19H,3,12-13H2,1-2H3,(H,21,24)/t19-/m1/s1. The van der Waals surface area contributed by atoms with Crippen LogP contribution in [0.5, 0.6) is 5.75 Å². The first-order valence-corrected chi connectivity index (χ1v) is 8.47. The number of amides is 2. The summed E-state index contributed by atoms with van der Waals surface area (Å²) in [5.74, 6) is 0.554. The van der Waals surface area contributed by atoms with Crippen molar-refractivity contribution in [3.05, 3.63) is 59.7 Å². The van der Waals surface area contributed by atoms with Gasteiger partial charge in [0.25, 0.3) is 0 Å². The monoisotopic (exact) mass is 338 g/mol. The number of carbonyl (C=O) groups excluding carboxylic acids is 2. The summed E-state index contributed by atoms with van der Waals surface area (Å²) in [5, 5.41) is 2.94. The van der Waals surface area contributed by atoms with Gasteiger partial charge in [0.1, 0.15) is 11.8 Å². The summed E-state index contributed by atoms with van der Waals surface area (Å²) in [6.07, 6.45) is 0.546. The number of benzene rings is 2. The van der Waals surface area contributed by atoms with Gasteiger partial charge in [0, 0.05) is 25.6 Å². The average molecular weight is 338 g/mol. The molecule has 2 aromatic carbocycles. The molecule has 0 aromatic heterocycles. The van der Waals surface area contributed by atoms with Crippen LogP contribution in [0.15, 0.2) is 48.5 Å². The zero-order chi connectivity index (χ0) is 17.8. The molecule has 0 radical (unpaired) electrons. The highest BCUT2D eigenvalue weighted by Crippen LogP contribution is 2.32. The molecule has 1 atom stereocenters. The molecule has 0 spiro atoms. The van der Waals surface area contributed by atoms with E-state index in [0.29, 0.717) is 19.6 Å². The molecule has 5 heteroatoms. The van der Waals surface area contributed by atoms with Crippen molar-refractivity contribution in [1.29, 1.82) is 0 Å². The van der Waals surface area contributed by atoms with Crippen LogP contribution < -0.4 is 15.0 Å². The van der Waals surface area contributed by atoms with E-state index in [1.165, 1.54) is 6.92 Å². The summed E-state index contributed by atoms with van der Waals surface area (Å²) in [5.41, 5.74) is 2.84. The summed E-state index contributed by atoms with van der Waals surface area (Å²) in [7, 11) is 0. The summed E-state index contributed by atoms with van der Waals surface area (Å²) in [6, 6.07) is 14.8. The number of ether oxygens (including phenoxy) is 1. The van der Waals surface area contributed by atoms with Crippen molar-refractivity contribution >= 4 is 17.5 Å². The molecule has 1 heterocycles. The molecule has 130 valence electrons. The van der Waals surface area contributed by atoms with Crippen molar-refractivity contribution in [2.45, 2.75) is 32.9 Å². The fourth-order valence-corrected chi connectivity index (χ4v) is 3.16. The number of carbonyl (C=O) groups is 2. The van der Waals surface area contributed by atoms with E-state index in [0.717, 1.165) is 22.6 Å². The number of nitrogens with zero attached hydrogens (tertiary/aromatic N) is 1. The fourth-order valence-electron chi connectivity index (χ4n) is 3.16. The predicted octanol–water partition coefficient (Wildman–Crippen LogP) is 2.68. The number of fused-ring (bicyclic) bond motifs is 1. The number of rotatable bonds is 5. The average Bonchev–Trinajstić information content (AvgIpc) is 3.01. The summed E-state index contributed by atoms with van der Waals surface area (Å²) >= 11 is 0. The number of para-hydroxylation sites is 1. The minimum atomic E-state index is -0.488. The zero-order valence-corrected chi connectivity index (χ0v) is 14.5. The lowest BCUT2D eigenvalue weighted by atomic mass is 10.1. The normalized spacial score (nSPS) is 15.6. The number of hydrogen-bond acceptors (Lipinski definition) is 3. The molecule has 0 saturated heterocycles. The molecule has 1 aliphatic heterocycles. The molecular formula is C20H22N2O3. The van der Waals surface area contributed by atoms with Crippen LogP contribution in [-0.2, 0) is 22.6 Å². The summed E-state index contributed by atoms with van der Waals surface area (Å²) in [4.78, 5) is 26.3. The van der Waals surface area contributed by atoms with E-state index in [2.05, 4.69) is 5.32 Å². The van der Waals surface area contributed by atoms with Crippen LogP contribution in [0.4, 0.5) is 5.69 Å². The third-order valence-electron chi connectivity index (χ3n) is 4.32. The lowest BCUT2D eigenvalue weighted by molar-refractivity contribution is -0.125. The lowest BCUT2D eigenvalue weighted by Crippen LogP contribution is -2.47. The third kappa shape index (κ3) is 3.65. The first-order valence-electron chi connectivity index (χ1n) is 8.47. The van der Waals surface area contributed by atoms with Crippen LogP contribution in [-0.4, -0.2) is 24.5 Å². The largest absolute Gasteiger partial charge is 0.494 e. The van der Waals surface area contributed by atoms with Crippen molar-refractivity contribution in [2.24, 2.45) is 0 Å².